The molecule has 0 unspecified atom stereocenters. The van der Waals surface area contributed by atoms with Crippen LogP contribution in [0.25, 0.3) is 0 Å². The van der Waals surface area contributed by atoms with E-state index >= 15 is 0 Å². The van der Waals surface area contributed by atoms with Crippen LogP contribution in [0.4, 0.5) is 11.4 Å². The van der Waals surface area contributed by atoms with Crippen molar-refractivity contribution in [2.45, 2.75) is 25.8 Å². The molecule has 0 atom stereocenters. The average Bonchev–Trinajstić information content (AvgIpc) is 3.44. The van der Waals surface area contributed by atoms with Gasteiger partial charge in [0.15, 0.2) is 0 Å². The van der Waals surface area contributed by atoms with Crippen LogP contribution >= 0.6 is 0 Å². The van der Waals surface area contributed by atoms with Gasteiger partial charge in [0.05, 0.1) is 11.9 Å². The fourth-order valence-corrected chi connectivity index (χ4v) is 3.70. The Bertz CT molecular complexity index is 1000. The van der Waals surface area contributed by atoms with E-state index in [1.165, 1.54) is 0 Å². The zero-order valence-electron chi connectivity index (χ0n) is 15.8. The summed E-state index contributed by atoms with van der Waals surface area (Å²) in [4.78, 5) is 24.7. The molecule has 1 aliphatic rings. The van der Waals surface area contributed by atoms with E-state index in [-0.39, 0.29) is 18.5 Å². The van der Waals surface area contributed by atoms with Crippen molar-refractivity contribution in [2.75, 3.05) is 22.4 Å². The summed E-state index contributed by atoms with van der Waals surface area (Å²) in [6, 6.07) is 13.8. The number of anilines is 2. The third kappa shape index (κ3) is 5.10. The number of hydrogen-bond donors (Lipinski definition) is 2. The molecular formula is C20H23N3O4S. The lowest BCUT2D eigenvalue weighted by Crippen LogP contribution is -2.37. The molecule has 1 fully saturated rings. The minimum absolute atomic E-state index is 0.184. The Morgan fingerprint density at radius 3 is 2.46 bits per heavy atom. The van der Waals surface area contributed by atoms with Crippen LogP contribution in [-0.2, 0) is 14.8 Å². The fourth-order valence-electron chi connectivity index (χ4n) is 2.79. The number of para-hydroxylation sites is 1. The summed E-state index contributed by atoms with van der Waals surface area (Å²) in [5.74, 6) is -0.676. The van der Waals surface area contributed by atoms with Gasteiger partial charge in [-0.25, -0.2) is 8.42 Å². The molecule has 0 aromatic heterocycles. The summed E-state index contributed by atoms with van der Waals surface area (Å²) in [6.07, 6.45) is 3.04. The Labute approximate surface area is 164 Å². The predicted octanol–water partition coefficient (Wildman–Crippen LogP) is 2.29. The van der Waals surface area contributed by atoms with E-state index in [1.807, 2.05) is 0 Å². The normalized spacial score (nSPS) is 13.6. The molecule has 2 N–H and O–H groups in total. The summed E-state index contributed by atoms with van der Waals surface area (Å²) in [5.41, 5.74) is 2.09. The van der Waals surface area contributed by atoms with E-state index in [2.05, 4.69) is 10.6 Å². The highest BCUT2D eigenvalue weighted by Crippen LogP contribution is 2.22. The number of carbonyl (C=O) groups is 2. The van der Waals surface area contributed by atoms with Crippen molar-refractivity contribution in [1.82, 2.24) is 5.32 Å². The molecule has 0 bridgehead atoms. The number of benzene rings is 2. The standard InChI is InChI=1S/C20H23N3O4S/c1-14-6-3-4-9-18(14)23(28(2,26)27)13-19(24)21-17-8-5-7-15(12-17)20(25)22-16-10-11-16/h3-9,12,16H,10-11,13H2,1-2H3,(H,21,24)(H,22,25). The molecule has 0 saturated heterocycles. The first-order valence-electron chi connectivity index (χ1n) is 8.98. The number of rotatable bonds is 7. The van der Waals surface area contributed by atoms with Crippen LogP contribution in [0.5, 0.6) is 0 Å². The molecule has 0 radical (unpaired) electrons. The molecule has 7 nitrogen and oxygen atoms in total. The number of nitrogens with zero attached hydrogens (tertiary/aromatic N) is 1. The molecule has 0 heterocycles. The second-order valence-corrected chi connectivity index (χ2v) is 8.84. The second-order valence-electron chi connectivity index (χ2n) is 6.93. The molecule has 148 valence electrons. The number of nitrogens with one attached hydrogen (secondary N) is 2. The van der Waals surface area contributed by atoms with Gasteiger partial charge in [-0.15, -0.1) is 0 Å². The van der Waals surface area contributed by atoms with E-state index in [4.69, 9.17) is 0 Å². The zero-order chi connectivity index (χ0) is 20.3. The Balaban J connectivity index is 1.73. The molecule has 2 amide bonds. The van der Waals surface area contributed by atoms with Crippen LogP contribution in [0.1, 0.15) is 28.8 Å². The predicted molar refractivity (Wildman–Crippen MR) is 109 cm³/mol. The van der Waals surface area contributed by atoms with Crippen LogP contribution in [-0.4, -0.2) is 39.1 Å². The Hall–Kier alpha value is -2.87. The zero-order valence-corrected chi connectivity index (χ0v) is 16.6. The first kappa shape index (κ1) is 19.9. The number of aryl methyl sites for hydroxylation is 1. The van der Waals surface area contributed by atoms with Crippen LogP contribution < -0.4 is 14.9 Å². The topological polar surface area (TPSA) is 95.6 Å². The van der Waals surface area contributed by atoms with Gasteiger partial charge in [-0.3, -0.25) is 13.9 Å². The summed E-state index contributed by atoms with van der Waals surface area (Å²) in [6.45, 7) is 1.43. The van der Waals surface area contributed by atoms with Crippen LogP contribution in [0.15, 0.2) is 48.5 Å². The van der Waals surface area contributed by atoms with Gasteiger partial charge in [-0.1, -0.05) is 24.3 Å². The number of carbonyl (C=O) groups excluding carboxylic acids is 2. The van der Waals surface area contributed by atoms with Crippen LogP contribution in [0.3, 0.4) is 0 Å². The third-order valence-electron chi connectivity index (χ3n) is 4.39. The molecule has 3 rings (SSSR count). The van der Waals surface area contributed by atoms with Gasteiger partial charge in [0.25, 0.3) is 5.91 Å². The molecular weight excluding hydrogens is 378 g/mol. The fraction of sp³-hybridized carbons (Fsp3) is 0.300. The Kier molecular flexibility index (Phi) is 5.69. The largest absolute Gasteiger partial charge is 0.349 e. The first-order valence-corrected chi connectivity index (χ1v) is 10.8. The van der Waals surface area contributed by atoms with Gasteiger partial charge in [-0.2, -0.15) is 0 Å². The van der Waals surface area contributed by atoms with Crippen molar-refractivity contribution >= 4 is 33.2 Å². The van der Waals surface area contributed by atoms with Gasteiger partial charge in [0, 0.05) is 17.3 Å². The number of sulfonamides is 1. The number of amides is 2. The van der Waals surface area contributed by atoms with E-state index in [1.54, 1.807) is 55.5 Å². The van der Waals surface area contributed by atoms with Gasteiger partial charge in [0.1, 0.15) is 6.54 Å². The van der Waals surface area contributed by atoms with Gasteiger partial charge in [-0.05, 0) is 49.6 Å². The second kappa shape index (κ2) is 8.02. The maximum atomic E-state index is 12.5. The van der Waals surface area contributed by atoms with Crippen molar-refractivity contribution in [3.8, 4) is 0 Å². The van der Waals surface area contributed by atoms with Crippen molar-refractivity contribution in [2.24, 2.45) is 0 Å². The molecule has 2 aromatic carbocycles. The average molecular weight is 401 g/mol. The Morgan fingerprint density at radius 2 is 1.82 bits per heavy atom. The molecule has 1 saturated carbocycles. The first-order chi connectivity index (χ1) is 13.2. The Morgan fingerprint density at radius 1 is 1.11 bits per heavy atom. The van der Waals surface area contributed by atoms with Crippen molar-refractivity contribution in [3.63, 3.8) is 0 Å². The van der Waals surface area contributed by atoms with Crippen molar-refractivity contribution in [3.05, 3.63) is 59.7 Å². The van der Waals surface area contributed by atoms with Gasteiger partial charge < -0.3 is 10.6 Å². The van der Waals surface area contributed by atoms with E-state index < -0.39 is 15.9 Å². The minimum atomic E-state index is -3.65. The maximum Gasteiger partial charge on any atom is 0.251 e. The smallest absolute Gasteiger partial charge is 0.251 e. The highest BCUT2D eigenvalue weighted by atomic mass is 32.2. The third-order valence-corrected chi connectivity index (χ3v) is 5.52. The lowest BCUT2D eigenvalue weighted by Gasteiger charge is -2.23. The molecule has 28 heavy (non-hydrogen) atoms. The molecule has 0 aliphatic heterocycles. The van der Waals surface area contributed by atoms with E-state index in [0.717, 1.165) is 29.0 Å². The summed E-state index contributed by atoms with van der Waals surface area (Å²) < 4.78 is 25.5. The van der Waals surface area contributed by atoms with Crippen molar-refractivity contribution < 1.29 is 18.0 Å². The monoisotopic (exact) mass is 401 g/mol. The minimum Gasteiger partial charge on any atom is -0.349 e. The van der Waals surface area contributed by atoms with Crippen molar-refractivity contribution in [1.29, 1.82) is 0 Å². The summed E-state index contributed by atoms with van der Waals surface area (Å²) in [7, 11) is -3.65. The van der Waals surface area contributed by atoms with Gasteiger partial charge >= 0.3 is 0 Å². The summed E-state index contributed by atoms with van der Waals surface area (Å²) in [5, 5.41) is 5.56. The van der Waals surface area contributed by atoms with Crippen LogP contribution in [0.2, 0.25) is 0 Å². The lowest BCUT2D eigenvalue weighted by molar-refractivity contribution is -0.114. The quantitative estimate of drug-likeness (QED) is 0.744. The molecule has 8 heteroatoms. The molecule has 1 aliphatic carbocycles. The maximum absolute atomic E-state index is 12.5. The lowest BCUT2D eigenvalue weighted by atomic mass is 10.2. The van der Waals surface area contributed by atoms with Gasteiger partial charge in [0.2, 0.25) is 15.9 Å². The van der Waals surface area contributed by atoms with E-state index in [9.17, 15) is 18.0 Å². The molecule has 0 spiro atoms. The highest BCUT2D eigenvalue weighted by Gasteiger charge is 2.24. The number of hydrogen-bond acceptors (Lipinski definition) is 4. The van der Waals surface area contributed by atoms with E-state index in [0.29, 0.717) is 16.9 Å². The summed E-state index contributed by atoms with van der Waals surface area (Å²) >= 11 is 0. The molecule has 2 aromatic rings. The highest BCUT2D eigenvalue weighted by molar-refractivity contribution is 7.92. The van der Waals surface area contributed by atoms with Crippen LogP contribution in [0, 0.1) is 6.92 Å². The SMILES string of the molecule is Cc1ccccc1N(CC(=O)Nc1cccc(C(=O)NC2CC2)c1)S(C)(=O)=O.